The number of Topliss-reactive ketones (excluding diaryl/α,β-unsaturated/α-hetero) is 1. The van der Waals surface area contributed by atoms with E-state index < -0.39 is 46.2 Å². The van der Waals surface area contributed by atoms with Gasteiger partial charge in [0.05, 0.1) is 24.2 Å². The number of aromatic nitrogens is 1. The third-order valence-electron chi connectivity index (χ3n) is 6.14. The number of hydrogen-bond acceptors (Lipinski definition) is 9. The molecule has 0 bridgehead atoms. The zero-order chi connectivity index (χ0) is 32.8. The molecule has 0 fully saturated rings. The Labute approximate surface area is 259 Å². The van der Waals surface area contributed by atoms with Crippen molar-refractivity contribution in [2.75, 3.05) is 13.1 Å². The van der Waals surface area contributed by atoms with Gasteiger partial charge in [0.25, 0.3) is 5.89 Å². The molecule has 0 saturated heterocycles. The molecule has 45 heavy (non-hydrogen) atoms. The highest BCUT2D eigenvalue weighted by molar-refractivity contribution is 7.88. The second-order valence-corrected chi connectivity index (χ2v) is 11.6. The monoisotopic (exact) mass is 640 g/mol. The maximum absolute atomic E-state index is 13.1. The van der Waals surface area contributed by atoms with Crippen molar-refractivity contribution in [2.24, 2.45) is 32.9 Å². The number of rotatable bonds is 17. The molecule has 2 amide bonds. The van der Waals surface area contributed by atoms with Gasteiger partial charge < -0.3 is 38.0 Å². The van der Waals surface area contributed by atoms with E-state index >= 15 is 0 Å². The summed E-state index contributed by atoms with van der Waals surface area (Å²) in [4.78, 5) is 50.8. The first-order chi connectivity index (χ1) is 21.4. The summed E-state index contributed by atoms with van der Waals surface area (Å²) in [6, 6.07) is 12.7. The van der Waals surface area contributed by atoms with Gasteiger partial charge in [0, 0.05) is 13.0 Å². The normalized spacial score (nSPS) is 12.4. The first kappa shape index (κ1) is 34.2. The van der Waals surface area contributed by atoms with Crippen molar-refractivity contribution >= 4 is 45.2 Å². The maximum Gasteiger partial charge on any atom is 0.265 e. The largest absolute Gasteiger partial charge is 0.442 e. The van der Waals surface area contributed by atoms with E-state index in [9.17, 15) is 22.8 Å². The number of carbonyl (C=O) groups is 3. The number of aliphatic imine (C=N–C) groups is 2. The van der Waals surface area contributed by atoms with Crippen LogP contribution in [0.5, 0.6) is 0 Å². The van der Waals surface area contributed by atoms with Gasteiger partial charge in [-0.15, -0.1) is 0 Å². The smallest absolute Gasteiger partial charge is 0.265 e. The van der Waals surface area contributed by atoms with Crippen LogP contribution in [0.3, 0.4) is 0 Å². The van der Waals surface area contributed by atoms with E-state index in [1.807, 2.05) is 0 Å². The van der Waals surface area contributed by atoms with Crippen molar-refractivity contribution < 1.29 is 27.2 Å². The zero-order valence-corrected chi connectivity index (χ0v) is 25.1. The Hall–Kier alpha value is -5.29. The van der Waals surface area contributed by atoms with Crippen LogP contribution in [0.15, 0.2) is 81.5 Å². The molecule has 3 rings (SSSR count). The van der Waals surface area contributed by atoms with E-state index in [0.717, 1.165) is 0 Å². The molecule has 0 aliphatic carbocycles. The van der Waals surface area contributed by atoms with Crippen LogP contribution >= 0.6 is 0 Å². The topological polar surface area (TPSA) is 276 Å². The predicted molar refractivity (Wildman–Crippen MR) is 167 cm³/mol. The molecule has 0 radical (unpaired) electrons. The number of carbonyl (C=O) groups excluding carboxylic acids is 3. The highest BCUT2D eigenvalue weighted by atomic mass is 32.2. The summed E-state index contributed by atoms with van der Waals surface area (Å²) in [5, 5.41) is 5.02. The number of nitrogens with two attached hydrogens (primary N) is 4. The number of nitrogens with zero attached hydrogens (tertiary/aromatic N) is 3. The third-order valence-corrected chi connectivity index (χ3v) is 7.49. The highest BCUT2D eigenvalue weighted by Gasteiger charge is 2.28. The molecular formula is C28H36N10O6S. The summed E-state index contributed by atoms with van der Waals surface area (Å²) < 4.78 is 33.2. The van der Waals surface area contributed by atoms with E-state index in [2.05, 4.69) is 30.3 Å². The summed E-state index contributed by atoms with van der Waals surface area (Å²) in [5.74, 6) is -2.89. The molecule has 0 aliphatic rings. The lowest BCUT2D eigenvalue weighted by atomic mass is 10.0. The van der Waals surface area contributed by atoms with Crippen molar-refractivity contribution in [1.29, 1.82) is 0 Å². The van der Waals surface area contributed by atoms with Gasteiger partial charge in [-0.05, 0) is 36.1 Å². The van der Waals surface area contributed by atoms with Crippen molar-refractivity contribution in [3.63, 3.8) is 0 Å². The lowest BCUT2D eigenvalue weighted by Gasteiger charge is -2.20. The van der Waals surface area contributed by atoms with Gasteiger partial charge in [-0.25, -0.2) is 23.1 Å². The fraction of sp³-hybridized carbons (Fsp3) is 0.286. The van der Waals surface area contributed by atoms with E-state index in [-0.39, 0.29) is 49.4 Å². The number of benzene rings is 2. The lowest BCUT2D eigenvalue weighted by Crippen LogP contribution is -2.51. The van der Waals surface area contributed by atoms with Gasteiger partial charge >= 0.3 is 0 Å². The van der Waals surface area contributed by atoms with Crippen LogP contribution in [0.2, 0.25) is 0 Å². The number of nitrogens with one attached hydrogen (secondary N) is 3. The Morgan fingerprint density at radius 3 is 2.24 bits per heavy atom. The van der Waals surface area contributed by atoms with Gasteiger partial charge in [0.15, 0.2) is 11.9 Å². The minimum absolute atomic E-state index is 0.0410. The Balaban J connectivity index is 1.68. The van der Waals surface area contributed by atoms with E-state index in [4.69, 9.17) is 27.4 Å². The second-order valence-electron chi connectivity index (χ2n) is 9.81. The van der Waals surface area contributed by atoms with Crippen LogP contribution in [-0.4, -0.2) is 68.1 Å². The van der Waals surface area contributed by atoms with Crippen molar-refractivity contribution in [1.82, 2.24) is 20.3 Å². The quantitative estimate of drug-likeness (QED) is 0.0413. The van der Waals surface area contributed by atoms with Gasteiger partial charge in [0.1, 0.15) is 18.3 Å². The first-order valence-corrected chi connectivity index (χ1v) is 15.4. The summed E-state index contributed by atoms with van der Waals surface area (Å²) in [7, 11) is -3.95. The van der Waals surface area contributed by atoms with E-state index in [0.29, 0.717) is 16.8 Å². The van der Waals surface area contributed by atoms with Crippen LogP contribution in [0.4, 0.5) is 5.69 Å². The first-order valence-electron chi connectivity index (χ1n) is 13.7. The average molecular weight is 641 g/mol. The number of oxazole rings is 1. The van der Waals surface area contributed by atoms with Gasteiger partial charge in [0.2, 0.25) is 27.6 Å². The van der Waals surface area contributed by atoms with Crippen LogP contribution in [-0.2, 0) is 31.8 Å². The molecular weight excluding hydrogens is 604 g/mol. The molecule has 1 aromatic heterocycles. The van der Waals surface area contributed by atoms with Crippen molar-refractivity contribution in [2.45, 2.75) is 37.1 Å². The SMILES string of the molecule is NC(N)=NCCC[C@@H](NS(=O)(=O)Cc1ccccc1)C(=O)NCC(=O)N[C@@H](Cc1ccc(N=C(N)N)cc1)C(=O)c1ncco1. The molecule has 17 heteroatoms. The Bertz CT molecular complexity index is 1590. The highest BCUT2D eigenvalue weighted by Crippen LogP contribution is 2.15. The molecule has 11 N–H and O–H groups in total. The van der Waals surface area contributed by atoms with Gasteiger partial charge in [-0.1, -0.05) is 42.5 Å². The fourth-order valence-electron chi connectivity index (χ4n) is 4.13. The molecule has 0 aliphatic heterocycles. The third kappa shape index (κ3) is 12.1. The summed E-state index contributed by atoms with van der Waals surface area (Å²) in [5.41, 5.74) is 23.2. The fourth-order valence-corrected chi connectivity index (χ4v) is 5.50. The summed E-state index contributed by atoms with van der Waals surface area (Å²) in [6.07, 6.45) is 2.88. The molecule has 3 aromatic rings. The molecule has 0 spiro atoms. The standard InChI is InChI=1S/C28H36N10O6S/c29-27(30)34-12-4-7-21(38-45(42,43)17-19-5-2-1-3-6-19)25(41)35-16-23(39)37-22(24(40)26-33-13-14-44-26)15-18-8-10-20(11-9-18)36-28(31)32/h1-3,5-6,8-11,13-14,21-22,38H,4,7,12,15-17H2,(H,35,41)(H,37,39)(H4,29,30,34)(H4,31,32,36)/t21-,22+/m1/s1. The molecule has 2 aromatic carbocycles. The number of ketones is 1. The van der Waals surface area contributed by atoms with Gasteiger partial charge in [-0.2, -0.15) is 0 Å². The average Bonchev–Trinajstić information content (AvgIpc) is 3.53. The minimum atomic E-state index is -3.95. The number of amides is 2. The van der Waals surface area contributed by atoms with Crippen LogP contribution in [0.25, 0.3) is 0 Å². The van der Waals surface area contributed by atoms with Gasteiger partial charge in [-0.3, -0.25) is 19.4 Å². The summed E-state index contributed by atoms with van der Waals surface area (Å²) in [6.45, 7) is -0.396. The van der Waals surface area contributed by atoms with Crippen LogP contribution in [0, 0.1) is 0 Å². The predicted octanol–water partition coefficient (Wildman–Crippen LogP) is -0.852. The van der Waals surface area contributed by atoms with E-state index in [1.165, 1.54) is 12.5 Å². The molecule has 1 heterocycles. The number of sulfonamides is 1. The summed E-state index contributed by atoms with van der Waals surface area (Å²) >= 11 is 0. The molecule has 2 atom stereocenters. The Morgan fingerprint density at radius 1 is 0.911 bits per heavy atom. The van der Waals surface area contributed by atoms with Crippen molar-refractivity contribution in [3.05, 3.63) is 84.1 Å². The van der Waals surface area contributed by atoms with Crippen LogP contribution < -0.4 is 38.3 Å². The Morgan fingerprint density at radius 2 is 1.62 bits per heavy atom. The molecule has 0 unspecified atom stereocenters. The number of hydrogen-bond donors (Lipinski definition) is 7. The lowest BCUT2D eigenvalue weighted by molar-refractivity contribution is -0.127. The molecule has 240 valence electrons. The van der Waals surface area contributed by atoms with E-state index in [1.54, 1.807) is 54.6 Å². The molecule has 0 saturated carbocycles. The number of guanidine groups is 2. The maximum atomic E-state index is 13.1. The Kier molecular flexibility index (Phi) is 12.6. The molecule has 16 nitrogen and oxygen atoms in total. The minimum Gasteiger partial charge on any atom is -0.442 e. The van der Waals surface area contributed by atoms with Crippen molar-refractivity contribution in [3.8, 4) is 0 Å². The second kappa shape index (κ2) is 16.5. The zero-order valence-electron chi connectivity index (χ0n) is 24.3. The van der Waals surface area contributed by atoms with Crippen LogP contribution in [0.1, 0.15) is 34.7 Å².